The third-order valence-electron chi connectivity index (χ3n) is 2.25. The van der Waals surface area contributed by atoms with Crippen molar-refractivity contribution < 1.29 is 28.7 Å². The molecule has 3 N–H and O–H groups in total. The van der Waals surface area contributed by atoms with Crippen molar-refractivity contribution in [3.8, 4) is 0 Å². The van der Waals surface area contributed by atoms with Gasteiger partial charge in [-0.05, 0) is 6.07 Å². The fourth-order valence-corrected chi connectivity index (χ4v) is 1.35. The molecule has 0 saturated heterocycles. The Balaban J connectivity index is 3.08. The molecule has 0 aromatic heterocycles. The van der Waals surface area contributed by atoms with E-state index < -0.39 is 46.9 Å². The third kappa shape index (κ3) is 3.58. The highest BCUT2D eigenvalue weighted by atomic mass is 19.3. The van der Waals surface area contributed by atoms with E-state index in [2.05, 4.69) is 5.32 Å². The average Bonchev–Trinajstić information content (AvgIpc) is 2.34. The van der Waals surface area contributed by atoms with Gasteiger partial charge in [-0.25, -0.2) is 13.6 Å². The van der Waals surface area contributed by atoms with Crippen molar-refractivity contribution in [3.05, 3.63) is 33.9 Å². The normalized spacial score (nSPS) is 12.2. The monoisotopic (exact) mass is 276 g/mol. The number of para-hydroxylation sites is 1. The van der Waals surface area contributed by atoms with E-state index in [9.17, 15) is 23.7 Å². The lowest BCUT2D eigenvalue weighted by Crippen LogP contribution is -2.27. The Morgan fingerprint density at radius 1 is 1.47 bits per heavy atom. The first-order chi connectivity index (χ1) is 8.84. The number of benzene rings is 1. The van der Waals surface area contributed by atoms with E-state index in [0.29, 0.717) is 0 Å². The minimum Gasteiger partial charge on any atom is -0.478 e. The highest BCUT2D eigenvalue weighted by Gasteiger charge is 2.23. The Kier molecular flexibility index (Phi) is 4.70. The number of nitrogens with one attached hydrogen (secondary N) is 1. The molecule has 0 radical (unpaired) electrons. The first-order valence-corrected chi connectivity index (χ1v) is 5.05. The molecule has 1 aromatic carbocycles. The number of alkyl halides is 2. The van der Waals surface area contributed by atoms with Crippen LogP contribution < -0.4 is 5.32 Å². The van der Waals surface area contributed by atoms with E-state index in [-0.39, 0.29) is 0 Å². The summed E-state index contributed by atoms with van der Waals surface area (Å²) in [6.45, 7) is -0.706. The first-order valence-electron chi connectivity index (χ1n) is 5.05. The summed E-state index contributed by atoms with van der Waals surface area (Å²) in [6, 6.07) is 3.28. The molecule has 0 amide bonds. The number of aromatic carboxylic acids is 1. The van der Waals surface area contributed by atoms with Gasteiger partial charge >= 0.3 is 5.97 Å². The molecule has 0 saturated carbocycles. The van der Waals surface area contributed by atoms with E-state index in [0.717, 1.165) is 18.2 Å². The van der Waals surface area contributed by atoms with Gasteiger partial charge in [0.1, 0.15) is 11.8 Å². The van der Waals surface area contributed by atoms with Crippen molar-refractivity contribution in [2.75, 3.05) is 11.9 Å². The van der Waals surface area contributed by atoms with Crippen LogP contribution in [-0.2, 0) is 0 Å². The Morgan fingerprint density at radius 3 is 2.58 bits per heavy atom. The molecule has 0 aliphatic carbocycles. The summed E-state index contributed by atoms with van der Waals surface area (Å²) < 4.78 is 24.2. The van der Waals surface area contributed by atoms with Crippen LogP contribution in [0.4, 0.5) is 20.2 Å². The second-order valence-corrected chi connectivity index (χ2v) is 3.54. The van der Waals surface area contributed by atoms with Crippen LogP contribution in [0.1, 0.15) is 10.4 Å². The van der Waals surface area contributed by atoms with Crippen molar-refractivity contribution in [2.24, 2.45) is 0 Å². The van der Waals surface area contributed by atoms with Crippen LogP contribution in [0, 0.1) is 10.1 Å². The fourth-order valence-electron chi connectivity index (χ4n) is 1.35. The molecule has 0 heterocycles. The molecule has 1 aromatic rings. The van der Waals surface area contributed by atoms with Gasteiger partial charge in [0.25, 0.3) is 12.1 Å². The van der Waals surface area contributed by atoms with E-state index >= 15 is 0 Å². The molecule has 0 bridgehead atoms. The molecular weight excluding hydrogens is 266 g/mol. The predicted octanol–water partition coefficient (Wildman–Crippen LogP) is 1.33. The highest BCUT2D eigenvalue weighted by Crippen LogP contribution is 2.28. The smallest absolute Gasteiger partial charge is 0.338 e. The van der Waals surface area contributed by atoms with Crippen LogP contribution in [-0.4, -0.2) is 40.2 Å². The Labute approximate surface area is 105 Å². The molecule has 7 nitrogen and oxygen atoms in total. The second-order valence-electron chi connectivity index (χ2n) is 3.54. The van der Waals surface area contributed by atoms with Gasteiger partial charge in [0.05, 0.1) is 10.5 Å². The van der Waals surface area contributed by atoms with E-state index in [1.807, 2.05) is 0 Å². The van der Waals surface area contributed by atoms with Crippen molar-refractivity contribution in [1.29, 1.82) is 0 Å². The van der Waals surface area contributed by atoms with Crippen LogP contribution >= 0.6 is 0 Å². The lowest BCUT2D eigenvalue weighted by atomic mass is 10.1. The summed E-state index contributed by atoms with van der Waals surface area (Å²) in [7, 11) is 0. The van der Waals surface area contributed by atoms with Gasteiger partial charge < -0.3 is 15.5 Å². The number of hydrogen-bond acceptors (Lipinski definition) is 5. The number of carboxylic acids is 1. The summed E-state index contributed by atoms with van der Waals surface area (Å²) in [6.07, 6.45) is -5.09. The molecule has 0 aliphatic heterocycles. The number of aliphatic hydroxyl groups is 1. The molecule has 1 rings (SSSR count). The zero-order valence-corrected chi connectivity index (χ0v) is 9.42. The zero-order chi connectivity index (χ0) is 14.6. The number of halogens is 2. The van der Waals surface area contributed by atoms with Crippen molar-refractivity contribution in [2.45, 2.75) is 12.5 Å². The van der Waals surface area contributed by atoms with Crippen LogP contribution in [0.5, 0.6) is 0 Å². The zero-order valence-electron chi connectivity index (χ0n) is 9.42. The molecule has 9 heteroatoms. The van der Waals surface area contributed by atoms with Crippen molar-refractivity contribution >= 4 is 17.3 Å². The minimum atomic E-state index is -3.04. The minimum absolute atomic E-state index is 0.417. The number of nitrogens with zero attached hydrogens (tertiary/aromatic N) is 1. The number of nitro benzene ring substituents is 1. The van der Waals surface area contributed by atoms with Gasteiger partial charge in [0.2, 0.25) is 0 Å². The number of carboxylic acid groups (broad SMARTS) is 1. The summed E-state index contributed by atoms with van der Waals surface area (Å²) in [4.78, 5) is 20.8. The number of carbonyl (C=O) groups is 1. The van der Waals surface area contributed by atoms with Crippen molar-refractivity contribution in [1.82, 2.24) is 0 Å². The molecule has 0 spiro atoms. The Morgan fingerprint density at radius 2 is 2.11 bits per heavy atom. The maximum atomic E-state index is 12.1. The van der Waals surface area contributed by atoms with Gasteiger partial charge in [-0.3, -0.25) is 10.1 Å². The van der Waals surface area contributed by atoms with Gasteiger partial charge in [0.15, 0.2) is 0 Å². The standard InChI is InChI=1S/C10H10F2N2O5/c11-9(12)7(15)4-13-8-5(10(16)17)2-1-3-6(8)14(18)19/h1-3,7,9,13,15H,4H2,(H,16,17). The summed E-state index contributed by atoms with van der Waals surface area (Å²) in [5.74, 6) is -1.45. The number of hydrogen-bond donors (Lipinski definition) is 3. The number of aliphatic hydroxyl groups excluding tert-OH is 1. The topological polar surface area (TPSA) is 113 Å². The molecule has 0 aliphatic rings. The Bertz CT molecular complexity index is 463. The molecule has 1 unspecified atom stereocenters. The van der Waals surface area contributed by atoms with Gasteiger partial charge in [-0.15, -0.1) is 0 Å². The molecule has 19 heavy (non-hydrogen) atoms. The highest BCUT2D eigenvalue weighted by molar-refractivity contribution is 5.96. The van der Waals surface area contributed by atoms with Crippen LogP contribution in [0.2, 0.25) is 0 Å². The van der Waals surface area contributed by atoms with Gasteiger partial charge in [-0.1, -0.05) is 6.07 Å². The van der Waals surface area contributed by atoms with E-state index in [1.54, 1.807) is 0 Å². The summed E-state index contributed by atoms with van der Waals surface area (Å²) >= 11 is 0. The summed E-state index contributed by atoms with van der Waals surface area (Å²) in [5.41, 5.74) is -1.42. The first kappa shape index (κ1) is 14.8. The largest absolute Gasteiger partial charge is 0.478 e. The van der Waals surface area contributed by atoms with Gasteiger partial charge in [-0.2, -0.15) is 0 Å². The number of anilines is 1. The quantitative estimate of drug-likeness (QED) is 0.533. The maximum absolute atomic E-state index is 12.1. The molecule has 104 valence electrons. The lowest BCUT2D eigenvalue weighted by Gasteiger charge is -2.13. The summed E-state index contributed by atoms with van der Waals surface area (Å²) in [5, 5.41) is 30.7. The van der Waals surface area contributed by atoms with Crippen LogP contribution in [0.15, 0.2) is 18.2 Å². The number of rotatable bonds is 6. The fraction of sp³-hybridized carbons (Fsp3) is 0.300. The Hall–Kier alpha value is -2.29. The van der Waals surface area contributed by atoms with Crippen LogP contribution in [0.3, 0.4) is 0 Å². The lowest BCUT2D eigenvalue weighted by molar-refractivity contribution is -0.384. The van der Waals surface area contributed by atoms with E-state index in [4.69, 9.17) is 10.2 Å². The second kappa shape index (κ2) is 6.05. The predicted molar refractivity (Wildman–Crippen MR) is 60.6 cm³/mol. The SMILES string of the molecule is O=C(O)c1cccc([N+](=O)[O-])c1NCC(O)C(F)F. The van der Waals surface area contributed by atoms with Crippen molar-refractivity contribution in [3.63, 3.8) is 0 Å². The average molecular weight is 276 g/mol. The van der Waals surface area contributed by atoms with E-state index in [1.165, 1.54) is 0 Å². The van der Waals surface area contributed by atoms with Gasteiger partial charge in [0, 0.05) is 12.6 Å². The third-order valence-corrected chi connectivity index (χ3v) is 2.25. The van der Waals surface area contributed by atoms with Crippen LogP contribution in [0.25, 0.3) is 0 Å². The molecular formula is C10H10F2N2O5. The molecule has 1 atom stereocenters. The molecule has 0 fully saturated rings. The number of nitro groups is 1. The maximum Gasteiger partial charge on any atom is 0.338 e.